The molecule has 0 aliphatic rings. The first-order valence-corrected chi connectivity index (χ1v) is 5.78. The number of fused-ring (bicyclic) bond motifs is 1. The van der Waals surface area contributed by atoms with Crippen molar-refractivity contribution < 1.29 is 4.79 Å². The van der Waals surface area contributed by atoms with Crippen molar-refractivity contribution in [2.45, 2.75) is 6.92 Å². The fraction of sp³-hybridized carbons (Fsp3) is 0.0667. The molecule has 3 heteroatoms. The predicted molar refractivity (Wildman–Crippen MR) is 71.7 cm³/mol. The topological polar surface area (TPSA) is 45.8 Å². The second kappa shape index (κ2) is 4.11. The van der Waals surface area contributed by atoms with E-state index in [0.29, 0.717) is 5.56 Å². The third-order valence-electron chi connectivity index (χ3n) is 3.17. The highest BCUT2D eigenvalue weighted by Gasteiger charge is 2.13. The zero-order valence-electron chi connectivity index (χ0n) is 9.97. The van der Waals surface area contributed by atoms with Crippen molar-refractivity contribution in [2.24, 2.45) is 0 Å². The van der Waals surface area contributed by atoms with Crippen molar-refractivity contribution in [1.29, 1.82) is 0 Å². The largest absolute Gasteiger partial charge is 0.354 e. The first-order valence-electron chi connectivity index (χ1n) is 5.78. The molecule has 0 radical (unpaired) electrons. The number of H-pyrrole nitrogens is 1. The number of aldehydes is 1. The van der Waals surface area contributed by atoms with Gasteiger partial charge in [-0.3, -0.25) is 9.78 Å². The van der Waals surface area contributed by atoms with Crippen molar-refractivity contribution in [1.82, 2.24) is 9.97 Å². The lowest BCUT2D eigenvalue weighted by Crippen LogP contribution is -1.84. The molecule has 3 aromatic rings. The molecule has 3 nitrogen and oxygen atoms in total. The van der Waals surface area contributed by atoms with Crippen LogP contribution in [0.2, 0.25) is 0 Å². The van der Waals surface area contributed by atoms with E-state index in [4.69, 9.17) is 0 Å². The summed E-state index contributed by atoms with van der Waals surface area (Å²) >= 11 is 0. The van der Waals surface area contributed by atoms with Gasteiger partial charge in [0.2, 0.25) is 0 Å². The smallest absolute Gasteiger partial charge is 0.152 e. The summed E-state index contributed by atoms with van der Waals surface area (Å²) in [5, 5.41) is 0.969. The van der Waals surface area contributed by atoms with Gasteiger partial charge in [0.05, 0.1) is 5.69 Å². The Hall–Kier alpha value is -2.42. The standard InChI is InChI=1S/C15H12N2O/c1-10-3-2-4-12-13(9-18)15(17-14(10)12)11-5-7-16-8-6-11/h2-9,17H,1H3. The maximum Gasteiger partial charge on any atom is 0.152 e. The van der Waals surface area contributed by atoms with Crippen LogP contribution in [0.1, 0.15) is 15.9 Å². The summed E-state index contributed by atoms with van der Waals surface area (Å²) in [7, 11) is 0. The number of benzene rings is 1. The molecule has 88 valence electrons. The Balaban J connectivity index is 2.37. The number of aromatic amines is 1. The van der Waals surface area contributed by atoms with Crippen molar-refractivity contribution in [3.8, 4) is 11.3 Å². The first kappa shape index (κ1) is 10.7. The van der Waals surface area contributed by atoms with Gasteiger partial charge in [-0.25, -0.2) is 0 Å². The lowest BCUT2D eigenvalue weighted by Gasteiger charge is -1.98. The SMILES string of the molecule is Cc1cccc2c(C=O)c(-c3ccncc3)[nH]c12. The highest BCUT2D eigenvalue weighted by atomic mass is 16.1. The molecule has 1 aromatic carbocycles. The van der Waals surface area contributed by atoms with Crippen molar-refractivity contribution in [2.75, 3.05) is 0 Å². The minimum Gasteiger partial charge on any atom is -0.354 e. The van der Waals surface area contributed by atoms with Crippen LogP contribution in [0.5, 0.6) is 0 Å². The van der Waals surface area contributed by atoms with Crippen LogP contribution in [0.15, 0.2) is 42.7 Å². The molecule has 0 atom stereocenters. The molecule has 2 aromatic heterocycles. The van der Waals surface area contributed by atoms with Crippen LogP contribution in [-0.2, 0) is 0 Å². The van der Waals surface area contributed by atoms with Crippen molar-refractivity contribution >= 4 is 17.2 Å². The number of pyridine rings is 1. The number of carbonyl (C=O) groups is 1. The van der Waals surface area contributed by atoms with Crippen molar-refractivity contribution in [3.63, 3.8) is 0 Å². The average molecular weight is 236 g/mol. The van der Waals surface area contributed by atoms with Gasteiger partial charge >= 0.3 is 0 Å². The van der Waals surface area contributed by atoms with E-state index in [1.165, 1.54) is 0 Å². The number of carbonyl (C=O) groups excluding carboxylic acids is 1. The number of hydrogen-bond donors (Lipinski definition) is 1. The number of aryl methyl sites for hydroxylation is 1. The van der Waals surface area contributed by atoms with E-state index in [1.54, 1.807) is 12.4 Å². The summed E-state index contributed by atoms with van der Waals surface area (Å²) in [4.78, 5) is 18.7. The van der Waals surface area contributed by atoms with Gasteiger partial charge < -0.3 is 4.98 Å². The third kappa shape index (κ3) is 1.52. The van der Waals surface area contributed by atoms with Gasteiger partial charge in [0.1, 0.15) is 0 Å². The van der Waals surface area contributed by atoms with Crippen LogP contribution < -0.4 is 0 Å². The van der Waals surface area contributed by atoms with Crippen molar-refractivity contribution in [3.05, 3.63) is 53.9 Å². The Morgan fingerprint density at radius 1 is 1.17 bits per heavy atom. The van der Waals surface area contributed by atoms with E-state index in [0.717, 1.165) is 34.0 Å². The lowest BCUT2D eigenvalue weighted by molar-refractivity contribution is 0.112. The monoisotopic (exact) mass is 236 g/mol. The van der Waals surface area contributed by atoms with Crippen LogP contribution >= 0.6 is 0 Å². The maximum atomic E-state index is 11.4. The minimum atomic E-state index is 0.708. The Bertz CT molecular complexity index is 714. The Kier molecular flexibility index (Phi) is 2.45. The fourth-order valence-corrected chi connectivity index (χ4v) is 2.25. The highest BCUT2D eigenvalue weighted by Crippen LogP contribution is 2.30. The molecule has 0 amide bonds. The molecule has 0 aliphatic carbocycles. The molecular weight excluding hydrogens is 224 g/mol. The third-order valence-corrected chi connectivity index (χ3v) is 3.17. The molecule has 0 unspecified atom stereocenters. The normalized spacial score (nSPS) is 10.7. The lowest BCUT2D eigenvalue weighted by atomic mass is 10.1. The Morgan fingerprint density at radius 2 is 1.94 bits per heavy atom. The van der Waals surface area contributed by atoms with Gasteiger partial charge in [-0.05, 0) is 24.6 Å². The van der Waals surface area contributed by atoms with E-state index >= 15 is 0 Å². The average Bonchev–Trinajstić information content (AvgIpc) is 2.80. The van der Waals surface area contributed by atoms with Gasteiger partial charge in [-0.15, -0.1) is 0 Å². The summed E-state index contributed by atoms with van der Waals surface area (Å²) < 4.78 is 0. The molecule has 0 saturated heterocycles. The second-order valence-electron chi connectivity index (χ2n) is 4.26. The van der Waals surface area contributed by atoms with E-state index in [-0.39, 0.29) is 0 Å². The summed E-state index contributed by atoms with van der Waals surface area (Å²) in [5.41, 5.74) is 4.70. The predicted octanol–water partition coefficient (Wildman–Crippen LogP) is 3.35. The molecule has 3 rings (SSSR count). The van der Waals surface area contributed by atoms with Gasteiger partial charge in [-0.1, -0.05) is 18.2 Å². The fourth-order valence-electron chi connectivity index (χ4n) is 2.25. The first-order chi connectivity index (χ1) is 8.81. The Labute approximate surface area is 104 Å². The number of aromatic nitrogens is 2. The zero-order chi connectivity index (χ0) is 12.5. The number of para-hydroxylation sites is 1. The van der Waals surface area contributed by atoms with E-state index in [2.05, 4.69) is 9.97 Å². The summed E-state index contributed by atoms with van der Waals surface area (Å²) in [5.74, 6) is 0. The van der Waals surface area contributed by atoms with Crippen LogP contribution in [0.4, 0.5) is 0 Å². The molecule has 1 N–H and O–H groups in total. The highest BCUT2D eigenvalue weighted by molar-refractivity contribution is 6.05. The quantitative estimate of drug-likeness (QED) is 0.693. The van der Waals surface area contributed by atoms with E-state index < -0.39 is 0 Å². The maximum absolute atomic E-state index is 11.4. The number of rotatable bonds is 2. The number of nitrogens with one attached hydrogen (secondary N) is 1. The zero-order valence-corrected chi connectivity index (χ0v) is 9.97. The number of nitrogens with zero attached hydrogens (tertiary/aromatic N) is 1. The van der Waals surface area contributed by atoms with Crippen LogP contribution in [0.25, 0.3) is 22.2 Å². The van der Waals surface area contributed by atoms with E-state index in [1.807, 2.05) is 37.3 Å². The minimum absolute atomic E-state index is 0.708. The Morgan fingerprint density at radius 3 is 2.67 bits per heavy atom. The molecule has 18 heavy (non-hydrogen) atoms. The van der Waals surface area contributed by atoms with Crippen LogP contribution in [0, 0.1) is 6.92 Å². The van der Waals surface area contributed by atoms with E-state index in [9.17, 15) is 4.79 Å². The summed E-state index contributed by atoms with van der Waals surface area (Å²) in [6.45, 7) is 2.03. The van der Waals surface area contributed by atoms with Gasteiger partial charge in [0, 0.05) is 34.4 Å². The molecule has 0 saturated carbocycles. The molecule has 0 fully saturated rings. The van der Waals surface area contributed by atoms with Gasteiger partial charge in [-0.2, -0.15) is 0 Å². The van der Waals surface area contributed by atoms with Gasteiger partial charge in [0.15, 0.2) is 6.29 Å². The summed E-state index contributed by atoms with van der Waals surface area (Å²) in [6.07, 6.45) is 4.36. The molecule has 0 aliphatic heterocycles. The number of hydrogen-bond acceptors (Lipinski definition) is 2. The summed E-state index contributed by atoms with van der Waals surface area (Å²) in [6, 6.07) is 9.76. The van der Waals surface area contributed by atoms with Gasteiger partial charge in [0.25, 0.3) is 0 Å². The molecular formula is C15H12N2O. The molecule has 0 spiro atoms. The van der Waals surface area contributed by atoms with Crippen LogP contribution in [0.3, 0.4) is 0 Å². The molecule has 2 heterocycles. The second-order valence-corrected chi connectivity index (χ2v) is 4.26. The van der Waals surface area contributed by atoms with Crippen LogP contribution in [-0.4, -0.2) is 16.3 Å². The molecule has 0 bridgehead atoms.